The minimum Gasteiger partial charge on any atom is -0.491 e. The Morgan fingerprint density at radius 3 is 2.85 bits per heavy atom. The molecule has 8 heteroatoms. The van der Waals surface area contributed by atoms with Crippen LogP contribution in [0.15, 0.2) is 41.5 Å². The molecule has 2 aromatic rings. The van der Waals surface area contributed by atoms with Crippen molar-refractivity contribution in [2.24, 2.45) is 11.0 Å². The van der Waals surface area contributed by atoms with Crippen LogP contribution in [0, 0.1) is 12.8 Å². The summed E-state index contributed by atoms with van der Waals surface area (Å²) in [5.74, 6) is 2.56. The van der Waals surface area contributed by atoms with Crippen molar-refractivity contribution in [3.05, 3.63) is 47.5 Å². The zero-order chi connectivity index (χ0) is 23.0. The average Bonchev–Trinajstić information content (AvgIpc) is 3.19. The number of nitrogens with one attached hydrogen (secondary N) is 1. The molecule has 0 aliphatic carbocycles. The molecule has 0 bridgehead atoms. The number of hydrazone groups is 1. The Morgan fingerprint density at radius 1 is 1.24 bits per heavy atom. The summed E-state index contributed by atoms with van der Waals surface area (Å²) in [6.07, 6.45) is 3.63. The summed E-state index contributed by atoms with van der Waals surface area (Å²) in [6, 6.07) is 11.9. The van der Waals surface area contributed by atoms with Gasteiger partial charge in [-0.2, -0.15) is 5.10 Å². The molecule has 4 rings (SSSR count). The number of hydrogen-bond donors (Lipinski definition) is 1. The summed E-state index contributed by atoms with van der Waals surface area (Å²) in [6.45, 7) is 8.90. The van der Waals surface area contributed by atoms with E-state index in [0.29, 0.717) is 37.9 Å². The molecule has 2 aliphatic heterocycles. The van der Waals surface area contributed by atoms with Gasteiger partial charge >= 0.3 is 0 Å². The third kappa shape index (κ3) is 6.22. The van der Waals surface area contributed by atoms with E-state index in [1.165, 1.54) is 5.56 Å². The van der Waals surface area contributed by atoms with Crippen molar-refractivity contribution in [1.29, 1.82) is 0 Å². The number of anilines is 2. The molecule has 1 unspecified atom stereocenters. The molecule has 2 aliphatic rings. The predicted molar refractivity (Wildman–Crippen MR) is 130 cm³/mol. The second-order valence-corrected chi connectivity index (χ2v) is 8.50. The number of hydrogen-bond acceptors (Lipinski definition) is 7. The number of likely N-dealkylation sites (tertiary alicyclic amines) is 1. The van der Waals surface area contributed by atoms with E-state index in [9.17, 15) is 4.79 Å². The molecule has 1 aromatic carbocycles. The Morgan fingerprint density at radius 2 is 2.09 bits per heavy atom. The molecule has 3 heterocycles. The number of morpholine rings is 1. The number of benzene rings is 1. The van der Waals surface area contributed by atoms with Crippen LogP contribution in [0.5, 0.6) is 5.75 Å². The molecular formula is C25H33N5O3. The van der Waals surface area contributed by atoms with Gasteiger partial charge in [-0.05, 0) is 25.3 Å². The van der Waals surface area contributed by atoms with Crippen LogP contribution in [0.25, 0.3) is 0 Å². The Hall–Kier alpha value is -3.13. The normalized spacial score (nSPS) is 18.8. The molecule has 8 nitrogen and oxygen atoms in total. The zero-order valence-corrected chi connectivity index (χ0v) is 19.5. The zero-order valence-electron chi connectivity index (χ0n) is 19.5. The molecular weight excluding hydrogens is 418 g/mol. The first-order valence-corrected chi connectivity index (χ1v) is 11.7. The van der Waals surface area contributed by atoms with Crippen LogP contribution in [0.1, 0.15) is 30.9 Å². The summed E-state index contributed by atoms with van der Waals surface area (Å²) < 4.78 is 11.5. The number of carbonyl (C=O) groups excluding carboxylic acids is 1. The summed E-state index contributed by atoms with van der Waals surface area (Å²) in [5, 5.41) is 4.36. The highest BCUT2D eigenvalue weighted by Gasteiger charge is 2.29. The lowest BCUT2D eigenvalue weighted by Gasteiger charge is -2.28. The van der Waals surface area contributed by atoms with Gasteiger partial charge in [0.05, 0.1) is 26.0 Å². The van der Waals surface area contributed by atoms with Gasteiger partial charge < -0.3 is 19.3 Å². The first-order chi connectivity index (χ1) is 16.1. The van der Waals surface area contributed by atoms with Gasteiger partial charge in [-0.25, -0.2) is 4.98 Å². The molecule has 1 aromatic heterocycles. The van der Waals surface area contributed by atoms with Crippen LogP contribution >= 0.6 is 0 Å². The van der Waals surface area contributed by atoms with Crippen molar-refractivity contribution in [1.82, 2.24) is 9.88 Å². The lowest BCUT2D eigenvalue weighted by Crippen LogP contribution is -2.36. The van der Waals surface area contributed by atoms with Gasteiger partial charge in [0.25, 0.3) is 0 Å². The Kier molecular flexibility index (Phi) is 7.78. The highest BCUT2D eigenvalue weighted by atomic mass is 16.5. The van der Waals surface area contributed by atoms with Gasteiger partial charge in [-0.15, -0.1) is 0 Å². The maximum Gasteiger partial charge on any atom is 0.225 e. The van der Waals surface area contributed by atoms with Gasteiger partial charge in [-0.3, -0.25) is 10.2 Å². The average molecular weight is 452 g/mol. The van der Waals surface area contributed by atoms with Gasteiger partial charge in [0.2, 0.25) is 5.91 Å². The van der Waals surface area contributed by atoms with E-state index in [1.54, 1.807) is 6.21 Å². The quantitative estimate of drug-likeness (QED) is 0.466. The fourth-order valence-electron chi connectivity index (χ4n) is 4.19. The van der Waals surface area contributed by atoms with Crippen molar-refractivity contribution in [2.45, 2.75) is 26.7 Å². The topological polar surface area (TPSA) is 79.3 Å². The molecule has 1 N–H and O–H groups in total. The van der Waals surface area contributed by atoms with Gasteiger partial charge in [-0.1, -0.05) is 36.8 Å². The van der Waals surface area contributed by atoms with E-state index in [1.807, 2.05) is 29.2 Å². The second kappa shape index (κ2) is 11.1. The van der Waals surface area contributed by atoms with Gasteiger partial charge in [0, 0.05) is 37.7 Å². The van der Waals surface area contributed by atoms with Gasteiger partial charge in [0.15, 0.2) is 5.82 Å². The van der Waals surface area contributed by atoms with E-state index >= 15 is 0 Å². The molecule has 33 heavy (non-hydrogen) atoms. The van der Waals surface area contributed by atoms with Crippen molar-refractivity contribution >= 4 is 23.8 Å². The third-order valence-electron chi connectivity index (χ3n) is 6.09. The largest absolute Gasteiger partial charge is 0.491 e. The number of aromatic nitrogens is 1. The number of pyridine rings is 1. The minimum absolute atomic E-state index is 0.168. The minimum atomic E-state index is 0.168. The first-order valence-electron chi connectivity index (χ1n) is 11.7. The number of ether oxygens (including phenoxy) is 2. The number of rotatable bonds is 9. The third-order valence-corrected chi connectivity index (χ3v) is 6.09. The van der Waals surface area contributed by atoms with Crippen molar-refractivity contribution in [3.63, 3.8) is 0 Å². The fraction of sp³-hybridized carbons (Fsp3) is 0.480. The molecule has 0 radical (unpaired) electrons. The van der Waals surface area contributed by atoms with Crippen molar-refractivity contribution in [2.75, 3.05) is 56.3 Å². The van der Waals surface area contributed by atoms with Crippen LogP contribution in [0.2, 0.25) is 0 Å². The van der Waals surface area contributed by atoms with E-state index in [-0.39, 0.29) is 11.8 Å². The monoisotopic (exact) mass is 451 g/mol. The first kappa shape index (κ1) is 23.0. The van der Waals surface area contributed by atoms with Crippen LogP contribution in [-0.4, -0.2) is 68.0 Å². The maximum atomic E-state index is 12.4. The Labute approximate surface area is 195 Å². The lowest BCUT2D eigenvalue weighted by atomic mass is 10.1. The molecule has 0 spiro atoms. The summed E-state index contributed by atoms with van der Waals surface area (Å²) in [4.78, 5) is 21.2. The molecule has 1 amide bonds. The molecule has 2 fully saturated rings. The SMILES string of the molecule is CCC1CCN(CCOc2cc(N/N=C/c3cccc(C)c3)nc(N3CCOCC3)c2)C1=O. The molecule has 2 saturated heterocycles. The van der Waals surface area contributed by atoms with Crippen LogP contribution in [-0.2, 0) is 9.53 Å². The number of carbonyl (C=O) groups is 1. The molecule has 1 atom stereocenters. The number of nitrogens with zero attached hydrogens (tertiary/aromatic N) is 4. The van der Waals surface area contributed by atoms with Crippen LogP contribution < -0.4 is 15.1 Å². The van der Waals surface area contributed by atoms with E-state index in [2.05, 4.69) is 41.4 Å². The fourth-order valence-corrected chi connectivity index (χ4v) is 4.19. The predicted octanol–water partition coefficient (Wildman–Crippen LogP) is 3.31. The Bertz CT molecular complexity index is 974. The highest BCUT2D eigenvalue weighted by Crippen LogP contribution is 2.25. The lowest BCUT2D eigenvalue weighted by molar-refractivity contribution is -0.131. The molecule has 0 saturated carbocycles. The van der Waals surface area contributed by atoms with E-state index < -0.39 is 0 Å². The summed E-state index contributed by atoms with van der Waals surface area (Å²) in [7, 11) is 0. The summed E-state index contributed by atoms with van der Waals surface area (Å²) in [5.41, 5.74) is 5.24. The smallest absolute Gasteiger partial charge is 0.225 e. The summed E-state index contributed by atoms with van der Waals surface area (Å²) >= 11 is 0. The van der Waals surface area contributed by atoms with Crippen LogP contribution in [0.3, 0.4) is 0 Å². The number of aryl methyl sites for hydroxylation is 1. The van der Waals surface area contributed by atoms with Crippen molar-refractivity contribution in [3.8, 4) is 5.75 Å². The second-order valence-electron chi connectivity index (χ2n) is 8.50. The standard InChI is InChI=1S/C25H33N5O3/c1-3-21-7-8-30(25(21)31)11-14-33-22-16-23(27-24(17-22)29-9-12-32-13-10-29)28-26-18-20-6-4-5-19(2)15-20/h4-6,15-18,21H,3,7-14H2,1-2H3,(H,27,28)/b26-18+. The number of amides is 1. The van der Waals surface area contributed by atoms with Crippen molar-refractivity contribution < 1.29 is 14.3 Å². The maximum absolute atomic E-state index is 12.4. The highest BCUT2D eigenvalue weighted by molar-refractivity contribution is 5.81. The van der Waals surface area contributed by atoms with Crippen LogP contribution in [0.4, 0.5) is 11.6 Å². The van der Waals surface area contributed by atoms with E-state index in [4.69, 9.17) is 14.5 Å². The van der Waals surface area contributed by atoms with Gasteiger partial charge in [0.1, 0.15) is 18.2 Å². The van der Waals surface area contributed by atoms with E-state index in [0.717, 1.165) is 43.9 Å². The Balaban J connectivity index is 1.43. The molecule has 176 valence electrons.